The summed E-state index contributed by atoms with van der Waals surface area (Å²) >= 11 is 17.6. The Morgan fingerprint density at radius 3 is 2.41 bits per heavy atom. The third kappa shape index (κ3) is 4.94. The van der Waals surface area contributed by atoms with Gasteiger partial charge >= 0.3 is 0 Å². The molecule has 0 spiro atoms. The lowest BCUT2D eigenvalue weighted by atomic mass is 10.2. The van der Waals surface area contributed by atoms with Crippen LogP contribution in [-0.4, -0.2) is 19.8 Å². The predicted octanol–water partition coefficient (Wildman–Crippen LogP) is 4.96. The molecule has 0 aliphatic rings. The first-order valence-electron chi connectivity index (χ1n) is 7.71. The van der Waals surface area contributed by atoms with Gasteiger partial charge in [0.05, 0.1) is 11.5 Å². The van der Waals surface area contributed by atoms with E-state index in [9.17, 15) is 10.1 Å². The van der Waals surface area contributed by atoms with Gasteiger partial charge in [0.1, 0.15) is 0 Å². The number of hydrogen-bond donors (Lipinski definition) is 2. The number of benzene rings is 2. The number of halogens is 2. The summed E-state index contributed by atoms with van der Waals surface area (Å²) in [5.41, 5.74) is 1.42. The zero-order chi connectivity index (χ0) is 19.4. The van der Waals surface area contributed by atoms with Gasteiger partial charge in [-0.3, -0.25) is 14.8 Å². The second-order valence-corrected chi connectivity index (χ2v) is 6.70. The van der Waals surface area contributed by atoms with E-state index >= 15 is 0 Å². The van der Waals surface area contributed by atoms with Crippen molar-refractivity contribution in [3.8, 4) is 0 Å². The number of anilines is 2. The Hall–Kier alpha value is -2.68. The summed E-state index contributed by atoms with van der Waals surface area (Å²) in [4.78, 5) is 10.2. The quantitative estimate of drug-likeness (QED) is 0.344. The van der Waals surface area contributed by atoms with Crippen LogP contribution in [0, 0.1) is 10.1 Å². The number of hydrogen-bond acceptors (Lipinski definition) is 4. The zero-order valence-electron chi connectivity index (χ0n) is 13.7. The molecule has 1 heterocycles. The maximum absolute atomic E-state index is 10.7. The average Bonchev–Trinajstić information content (AvgIpc) is 3.05. The Balaban J connectivity index is 1.61. The molecule has 1 aromatic heterocycles. The lowest BCUT2D eigenvalue weighted by molar-refractivity contribution is -0.384. The van der Waals surface area contributed by atoms with E-state index in [0.29, 0.717) is 33.2 Å². The maximum atomic E-state index is 10.7. The van der Waals surface area contributed by atoms with Crippen molar-refractivity contribution in [3.05, 3.63) is 80.5 Å². The minimum Gasteiger partial charge on any atom is -0.332 e. The van der Waals surface area contributed by atoms with Crippen molar-refractivity contribution in [2.45, 2.75) is 6.54 Å². The second-order valence-electron chi connectivity index (χ2n) is 5.48. The Labute approximate surface area is 170 Å². The van der Waals surface area contributed by atoms with Crippen LogP contribution < -0.4 is 10.6 Å². The molecule has 0 aliphatic carbocycles. The molecule has 138 valence electrons. The number of aromatic nitrogens is 2. The first kappa shape index (κ1) is 19.1. The van der Waals surface area contributed by atoms with E-state index in [2.05, 4.69) is 15.7 Å². The molecular weight excluding hydrogens is 409 g/mol. The fourth-order valence-corrected chi connectivity index (χ4v) is 3.05. The van der Waals surface area contributed by atoms with E-state index in [0.717, 1.165) is 5.56 Å². The molecular formula is C17H13Cl2N5O2S. The Bertz CT molecular complexity index is 971. The molecule has 0 saturated heterocycles. The first-order chi connectivity index (χ1) is 12.9. The van der Waals surface area contributed by atoms with Crippen LogP contribution in [0.4, 0.5) is 17.2 Å². The molecule has 0 aliphatic heterocycles. The predicted molar refractivity (Wildman–Crippen MR) is 111 cm³/mol. The smallest absolute Gasteiger partial charge is 0.269 e. The number of nitrogens with one attached hydrogen (secondary N) is 2. The number of thiocarbonyl (C=S) groups is 1. The second kappa shape index (κ2) is 8.34. The van der Waals surface area contributed by atoms with Gasteiger partial charge in [-0.05, 0) is 36.5 Å². The molecule has 0 fully saturated rings. The fraction of sp³-hybridized carbons (Fsp3) is 0.0588. The van der Waals surface area contributed by atoms with Crippen LogP contribution in [0.1, 0.15) is 5.56 Å². The molecule has 10 heteroatoms. The van der Waals surface area contributed by atoms with E-state index in [1.54, 1.807) is 47.3 Å². The number of nitro benzene ring substituents is 1. The number of non-ortho nitro benzene ring substituents is 1. The monoisotopic (exact) mass is 421 g/mol. The van der Waals surface area contributed by atoms with E-state index < -0.39 is 4.92 Å². The van der Waals surface area contributed by atoms with E-state index in [1.807, 2.05) is 0 Å². The highest BCUT2D eigenvalue weighted by Crippen LogP contribution is 2.25. The molecule has 0 amide bonds. The molecule has 27 heavy (non-hydrogen) atoms. The van der Waals surface area contributed by atoms with Gasteiger partial charge in [0, 0.05) is 45.7 Å². The minimum absolute atomic E-state index is 0.0106. The van der Waals surface area contributed by atoms with Crippen molar-refractivity contribution in [1.82, 2.24) is 9.78 Å². The summed E-state index contributed by atoms with van der Waals surface area (Å²) in [6.45, 7) is 0.419. The van der Waals surface area contributed by atoms with Crippen LogP contribution >= 0.6 is 35.4 Å². The van der Waals surface area contributed by atoms with Crippen LogP contribution in [0.3, 0.4) is 0 Å². The van der Waals surface area contributed by atoms with Crippen LogP contribution in [0.2, 0.25) is 10.0 Å². The summed E-state index contributed by atoms with van der Waals surface area (Å²) in [5.74, 6) is 0.539. The van der Waals surface area contributed by atoms with Crippen molar-refractivity contribution < 1.29 is 4.92 Å². The molecule has 2 N–H and O–H groups in total. The van der Waals surface area contributed by atoms with Crippen LogP contribution in [0.15, 0.2) is 54.7 Å². The van der Waals surface area contributed by atoms with Crippen molar-refractivity contribution in [3.63, 3.8) is 0 Å². The van der Waals surface area contributed by atoms with Gasteiger partial charge in [0.25, 0.3) is 5.69 Å². The topological polar surface area (TPSA) is 85.0 Å². The Morgan fingerprint density at radius 1 is 1.11 bits per heavy atom. The molecule has 2 aromatic carbocycles. The van der Waals surface area contributed by atoms with Gasteiger partial charge in [-0.2, -0.15) is 5.10 Å². The van der Waals surface area contributed by atoms with Crippen molar-refractivity contribution in [2.75, 3.05) is 10.6 Å². The van der Waals surface area contributed by atoms with Gasteiger partial charge in [-0.15, -0.1) is 0 Å². The lowest BCUT2D eigenvalue weighted by Gasteiger charge is -2.09. The van der Waals surface area contributed by atoms with Gasteiger partial charge < -0.3 is 10.6 Å². The summed E-state index contributed by atoms with van der Waals surface area (Å²) in [7, 11) is 0. The highest BCUT2D eigenvalue weighted by molar-refractivity contribution is 7.80. The Kier molecular flexibility index (Phi) is 5.90. The summed E-state index contributed by atoms with van der Waals surface area (Å²) in [5, 5.41) is 22.4. The SMILES string of the molecule is O=[N+]([O-])c1ccc(NC(=S)Nc2ccn(Cc3c(Cl)cccc3Cl)n2)cc1. The van der Waals surface area contributed by atoms with E-state index in [1.165, 1.54) is 12.1 Å². The average molecular weight is 422 g/mol. The molecule has 0 bridgehead atoms. The molecule has 0 unspecified atom stereocenters. The number of nitrogens with zero attached hydrogens (tertiary/aromatic N) is 3. The fourth-order valence-electron chi connectivity index (χ4n) is 2.31. The highest BCUT2D eigenvalue weighted by atomic mass is 35.5. The van der Waals surface area contributed by atoms with Gasteiger partial charge in [-0.1, -0.05) is 29.3 Å². The van der Waals surface area contributed by atoms with Crippen molar-refractivity contribution in [1.29, 1.82) is 0 Å². The van der Waals surface area contributed by atoms with Gasteiger partial charge in [0.15, 0.2) is 10.9 Å². The highest BCUT2D eigenvalue weighted by Gasteiger charge is 2.09. The largest absolute Gasteiger partial charge is 0.332 e. The molecule has 0 saturated carbocycles. The van der Waals surface area contributed by atoms with E-state index in [-0.39, 0.29) is 5.69 Å². The molecule has 3 aromatic rings. The third-order valence-electron chi connectivity index (χ3n) is 3.60. The van der Waals surface area contributed by atoms with E-state index in [4.69, 9.17) is 35.4 Å². The zero-order valence-corrected chi connectivity index (χ0v) is 16.1. The van der Waals surface area contributed by atoms with Crippen molar-refractivity contribution in [2.24, 2.45) is 0 Å². The molecule has 0 radical (unpaired) electrons. The summed E-state index contributed by atoms with van der Waals surface area (Å²) in [6.07, 6.45) is 1.77. The lowest BCUT2D eigenvalue weighted by Crippen LogP contribution is -2.19. The first-order valence-corrected chi connectivity index (χ1v) is 8.87. The minimum atomic E-state index is -0.460. The third-order valence-corrected chi connectivity index (χ3v) is 4.51. The van der Waals surface area contributed by atoms with Crippen LogP contribution in [0.25, 0.3) is 0 Å². The molecule has 3 rings (SSSR count). The van der Waals surface area contributed by atoms with Gasteiger partial charge in [-0.25, -0.2) is 0 Å². The van der Waals surface area contributed by atoms with Crippen molar-refractivity contribution >= 4 is 57.7 Å². The summed E-state index contributed by atoms with van der Waals surface area (Å²) in [6, 6.07) is 13.0. The normalized spacial score (nSPS) is 10.4. The Morgan fingerprint density at radius 2 is 1.78 bits per heavy atom. The number of rotatable bonds is 5. The molecule has 0 atom stereocenters. The van der Waals surface area contributed by atoms with Gasteiger partial charge in [0.2, 0.25) is 0 Å². The maximum Gasteiger partial charge on any atom is 0.269 e. The molecule has 7 nitrogen and oxygen atoms in total. The van der Waals surface area contributed by atoms with Crippen LogP contribution in [-0.2, 0) is 6.54 Å². The van der Waals surface area contributed by atoms with Crippen LogP contribution in [0.5, 0.6) is 0 Å². The standard InChI is InChI=1S/C17H13Cl2N5O2S/c18-14-2-1-3-15(19)13(14)10-23-9-8-16(22-23)21-17(27)20-11-4-6-12(7-5-11)24(25)26/h1-9H,10H2,(H2,20,21,22,27). The summed E-state index contributed by atoms with van der Waals surface area (Å²) < 4.78 is 1.68. The number of nitro groups is 1.